The van der Waals surface area contributed by atoms with Crippen LogP contribution in [-0.2, 0) is 4.79 Å². The number of rotatable bonds is 6. The Bertz CT molecular complexity index is 1250. The Kier molecular flexibility index (Phi) is 7.03. The number of aryl methyl sites for hydroxylation is 2. The van der Waals surface area contributed by atoms with Gasteiger partial charge in [0.1, 0.15) is 11.6 Å². The molecule has 1 aromatic heterocycles. The zero-order valence-electron chi connectivity index (χ0n) is 17.4. The second-order valence-corrected chi connectivity index (χ2v) is 7.07. The maximum absolute atomic E-state index is 14.0. The van der Waals surface area contributed by atoms with Crippen LogP contribution < -0.4 is 14.8 Å². The lowest BCUT2D eigenvalue weighted by molar-refractivity contribution is -0.112. The average Bonchev–Trinajstić information content (AvgIpc) is 2.77. The van der Waals surface area contributed by atoms with Crippen LogP contribution in [0.4, 0.5) is 10.1 Å². The van der Waals surface area contributed by atoms with Crippen LogP contribution in [0.15, 0.2) is 48.2 Å². The maximum atomic E-state index is 14.0. The molecule has 1 heterocycles. The molecule has 1 N–H and O–H groups in total. The SMILES string of the molecule is COc1ccc(C=C(C#N)C(=O)Nc2ccc(C)c(C)c2)cc1Oc1nc(Cl)ncc1F. The van der Waals surface area contributed by atoms with Crippen LogP contribution >= 0.6 is 11.6 Å². The number of carbonyl (C=O) groups excluding carboxylic acids is 1. The summed E-state index contributed by atoms with van der Waals surface area (Å²) in [4.78, 5) is 19.8. The summed E-state index contributed by atoms with van der Waals surface area (Å²) in [5.41, 5.74) is 3.00. The van der Waals surface area contributed by atoms with E-state index in [0.29, 0.717) is 11.3 Å². The van der Waals surface area contributed by atoms with Crippen LogP contribution in [0.25, 0.3) is 6.08 Å². The first-order valence-electron chi connectivity index (χ1n) is 9.35. The summed E-state index contributed by atoms with van der Waals surface area (Å²) in [6, 6.07) is 12.0. The minimum absolute atomic E-state index is 0.113. The molecule has 0 fully saturated rings. The van der Waals surface area contributed by atoms with Crippen LogP contribution in [0.2, 0.25) is 5.28 Å². The molecule has 0 aliphatic rings. The van der Waals surface area contributed by atoms with Crippen molar-refractivity contribution in [1.82, 2.24) is 9.97 Å². The van der Waals surface area contributed by atoms with Crippen LogP contribution in [0, 0.1) is 31.0 Å². The van der Waals surface area contributed by atoms with Gasteiger partial charge in [0.2, 0.25) is 11.1 Å². The Morgan fingerprint density at radius 3 is 2.66 bits per heavy atom. The van der Waals surface area contributed by atoms with Gasteiger partial charge in [0.05, 0.1) is 13.3 Å². The van der Waals surface area contributed by atoms with Crippen molar-refractivity contribution in [3.8, 4) is 23.4 Å². The number of benzene rings is 2. The molecule has 0 unspecified atom stereocenters. The number of nitrogens with one attached hydrogen (secondary N) is 1. The molecule has 32 heavy (non-hydrogen) atoms. The molecule has 0 saturated carbocycles. The number of amides is 1. The molecule has 1 amide bonds. The largest absolute Gasteiger partial charge is 0.493 e. The monoisotopic (exact) mass is 452 g/mol. The molecule has 7 nitrogen and oxygen atoms in total. The highest BCUT2D eigenvalue weighted by Crippen LogP contribution is 2.33. The highest BCUT2D eigenvalue weighted by molar-refractivity contribution is 6.28. The molecule has 3 aromatic rings. The Morgan fingerprint density at radius 2 is 1.97 bits per heavy atom. The lowest BCUT2D eigenvalue weighted by Crippen LogP contribution is -2.13. The minimum atomic E-state index is -0.817. The molecule has 162 valence electrons. The molecule has 0 bridgehead atoms. The van der Waals surface area contributed by atoms with E-state index >= 15 is 0 Å². The van der Waals surface area contributed by atoms with Gasteiger partial charge >= 0.3 is 0 Å². The summed E-state index contributed by atoms with van der Waals surface area (Å²) < 4.78 is 24.7. The molecule has 0 saturated heterocycles. The minimum Gasteiger partial charge on any atom is -0.493 e. The number of anilines is 1. The number of nitriles is 1. The molecule has 2 aromatic carbocycles. The van der Waals surface area contributed by atoms with Crippen LogP contribution in [0.1, 0.15) is 16.7 Å². The van der Waals surface area contributed by atoms with E-state index in [0.717, 1.165) is 17.3 Å². The standard InChI is InChI=1S/C23H18ClFN4O3/c1-13-4-6-17(8-14(13)2)28-21(30)16(11-26)9-15-5-7-19(31-3)20(10-15)32-22-18(25)12-27-23(24)29-22/h4-10,12H,1-3H3,(H,28,30). The molecule has 0 aliphatic heterocycles. The number of hydrogen-bond donors (Lipinski definition) is 1. The second kappa shape index (κ2) is 9.90. The normalized spacial score (nSPS) is 10.9. The predicted molar refractivity (Wildman–Crippen MR) is 118 cm³/mol. The van der Waals surface area contributed by atoms with E-state index in [1.807, 2.05) is 32.0 Å². The number of methoxy groups -OCH3 is 1. The van der Waals surface area contributed by atoms with Gasteiger partial charge in [-0.15, -0.1) is 0 Å². The third kappa shape index (κ3) is 5.39. The van der Waals surface area contributed by atoms with Crippen molar-refractivity contribution < 1.29 is 18.7 Å². The summed E-state index contributed by atoms with van der Waals surface area (Å²) in [7, 11) is 1.42. The van der Waals surface area contributed by atoms with Gasteiger partial charge in [-0.2, -0.15) is 14.6 Å². The van der Waals surface area contributed by atoms with Crippen LogP contribution in [0.5, 0.6) is 17.4 Å². The number of halogens is 2. The molecule has 3 rings (SSSR count). The molecule has 9 heteroatoms. The maximum Gasteiger partial charge on any atom is 0.266 e. The van der Waals surface area contributed by atoms with Crippen molar-refractivity contribution >= 4 is 29.3 Å². The van der Waals surface area contributed by atoms with Crippen molar-refractivity contribution in [3.63, 3.8) is 0 Å². The molecule has 0 spiro atoms. The molecule has 0 radical (unpaired) electrons. The van der Waals surface area contributed by atoms with E-state index in [4.69, 9.17) is 21.1 Å². The summed E-state index contributed by atoms with van der Waals surface area (Å²) >= 11 is 5.71. The summed E-state index contributed by atoms with van der Waals surface area (Å²) in [5, 5.41) is 12.0. The van der Waals surface area contributed by atoms with E-state index in [2.05, 4.69) is 15.3 Å². The molecule has 0 aliphatic carbocycles. The summed E-state index contributed by atoms with van der Waals surface area (Å²) in [6.45, 7) is 3.89. The third-order valence-electron chi connectivity index (χ3n) is 4.52. The van der Waals surface area contributed by atoms with E-state index in [1.54, 1.807) is 18.2 Å². The highest BCUT2D eigenvalue weighted by atomic mass is 35.5. The molecule has 0 atom stereocenters. The zero-order chi connectivity index (χ0) is 23.3. The fourth-order valence-electron chi connectivity index (χ4n) is 2.70. The first-order chi connectivity index (χ1) is 15.3. The predicted octanol–water partition coefficient (Wildman–Crippen LogP) is 5.23. The van der Waals surface area contributed by atoms with Gasteiger partial charge in [-0.05, 0) is 72.5 Å². The Hall–Kier alpha value is -3.96. The molecular formula is C23H18ClFN4O3. The first-order valence-corrected chi connectivity index (χ1v) is 9.73. The van der Waals surface area contributed by atoms with Gasteiger partial charge in [0.25, 0.3) is 11.8 Å². The number of carbonyl (C=O) groups is 1. The highest BCUT2D eigenvalue weighted by Gasteiger charge is 2.15. The van der Waals surface area contributed by atoms with Gasteiger partial charge in [0, 0.05) is 5.69 Å². The topological polar surface area (TPSA) is 97.1 Å². The summed E-state index contributed by atoms with van der Waals surface area (Å²) in [5.74, 6) is -1.38. The van der Waals surface area contributed by atoms with Crippen LogP contribution in [-0.4, -0.2) is 23.0 Å². The van der Waals surface area contributed by atoms with E-state index < -0.39 is 17.6 Å². The first kappa shape index (κ1) is 22.7. The lowest BCUT2D eigenvalue weighted by Gasteiger charge is -2.11. The lowest BCUT2D eigenvalue weighted by atomic mass is 10.1. The van der Waals surface area contributed by atoms with Crippen molar-refractivity contribution in [3.05, 3.63) is 76.0 Å². The molecular weight excluding hydrogens is 435 g/mol. The average molecular weight is 453 g/mol. The van der Waals surface area contributed by atoms with Crippen molar-refractivity contribution in [2.45, 2.75) is 13.8 Å². The van der Waals surface area contributed by atoms with E-state index in [9.17, 15) is 14.4 Å². The third-order valence-corrected chi connectivity index (χ3v) is 4.70. The Labute approximate surface area is 189 Å². The van der Waals surface area contributed by atoms with Crippen molar-refractivity contribution in [1.29, 1.82) is 5.26 Å². The fraction of sp³-hybridized carbons (Fsp3) is 0.130. The number of hydrogen-bond acceptors (Lipinski definition) is 6. The van der Waals surface area contributed by atoms with Gasteiger partial charge < -0.3 is 14.8 Å². The van der Waals surface area contributed by atoms with Gasteiger partial charge in [-0.25, -0.2) is 4.98 Å². The van der Waals surface area contributed by atoms with Gasteiger partial charge in [0.15, 0.2) is 11.5 Å². The quantitative estimate of drug-likeness (QED) is 0.312. The Balaban J connectivity index is 1.89. The number of nitrogens with zero attached hydrogens (tertiary/aromatic N) is 3. The second-order valence-electron chi connectivity index (χ2n) is 6.73. The Morgan fingerprint density at radius 1 is 1.19 bits per heavy atom. The fourth-order valence-corrected chi connectivity index (χ4v) is 2.83. The van der Waals surface area contributed by atoms with Gasteiger partial charge in [-0.3, -0.25) is 4.79 Å². The van der Waals surface area contributed by atoms with Crippen LogP contribution in [0.3, 0.4) is 0 Å². The van der Waals surface area contributed by atoms with Crippen molar-refractivity contribution in [2.75, 3.05) is 12.4 Å². The smallest absolute Gasteiger partial charge is 0.266 e. The van der Waals surface area contributed by atoms with Gasteiger partial charge in [-0.1, -0.05) is 12.1 Å². The van der Waals surface area contributed by atoms with E-state index in [1.165, 1.54) is 19.3 Å². The summed E-state index contributed by atoms with van der Waals surface area (Å²) in [6.07, 6.45) is 2.26. The number of ether oxygens (including phenoxy) is 2. The van der Waals surface area contributed by atoms with E-state index in [-0.39, 0.29) is 22.4 Å². The van der Waals surface area contributed by atoms with Crippen molar-refractivity contribution in [2.24, 2.45) is 0 Å². The zero-order valence-corrected chi connectivity index (χ0v) is 18.2. The number of aromatic nitrogens is 2.